The van der Waals surface area contributed by atoms with Gasteiger partial charge in [0.1, 0.15) is 5.75 Å². The van der Waals surface area contributed by atoms with Crippen LogP contribution in [0, 0.1) is 0 Å². The van der Waals surface area contributed by atoms with Crippen LogP contribution in [0.2, 0.25) is 0 Å². The van der Waals surface area contributed by atoms with Crippen molar-refractivity contribution < 1.29 is 24.2 Å². The van der Waals surface area contributed by atoms with Crippen LogP contribution in [0.3, 0.4) is 0 Å². The van der Waals surface area contributed by atoms with Crippen molar-refractivity contribution in [3.05, 3.63) is 28.2 Å². The number of carbonyl (C=O) groups excluding carboxylic acids is 1. The molecule has 2 rings (SSSR count). The maximum absolute atomic E-state index is 12.7. The number of nitrogens with zero attached hydrogens (tertiary/aromatic N) is 1. The number of rotatable bonds is 4. The summed E-state index contributed by atoms with van der Waals surface area (Å²) < 4.78 is 11.7. The zero-order chi connectivity index (χ0) is 17.1. The summed E-state index contributed by atoms with van der Waals surface area (Å²) in [5.41, 5.74) is 0.452. The summed E-state index contributed by atoms with van der Waals surface area (Å²) in [7, 11) is 0. The molecule has 1 aromatic rings. The van der Waals surface area contributed by atoms with Crippen LogP contribution in [0.5, 0.6) is 5.75 Å². The number of aliphatic carboxylic acids is 1. The van der Waals surface area contributed by atoms with E-state index in [1.165, 1.54) is 4.90 Å². The number of hydrogen-bond donors (Lipinski definition) is 1. The molecule has 1 fully saturated rings. The molecule has 1 heterocycles. The van der Waals surface area contributed by atoms with E-state index in [1.807, 2.05) is 13.8 Å². The first kappa shape index (κ1) is 17.7. The summed E-state index contributed by atoms with van der Waals surface area (Å²) in [6.07, 6.45) is -1.33. The molecule has 0 bridgehead atoms. The minimum Gasteiger partial charge on any atom is -0.491 e. The lowest BCUT2D eigenvalue weighted by Gasteiger charge is -2.35. The fourth-order valence-corrected chi connectivity index (χ4v) is 2.93. The Morgan fingerprint density at radius 3 is 2.65 bits per heavy atom. The summed E-state index contributed by atoms with van der Waals surface area (Å²) in [4.78, 5) is 25.4. The van der Waals surface area contributed by atoms with Gasteiger partial charge < -0.3 is 19.5 Å². The van der Waals surface area contributed by atoms with Gasteiger partial charge in [-0.15, -0.1) is 0 Å². The molecule has 2 atom stereocenters. The lowest BCUT2D eigenvalue weighted by molar-refractivity contribution is -0.160. The monoisotopic (exact) mass is 385 g/mol. The summed E-state index contributed by atoms with van der Waals surface area (Å²) in [5, 5.41) is 9.12. The minimum atomic E-state index is -1.06. The van der Waals surface area contributed by atoms with Crippen LogP contribution in [0.15, 0.2) is 22.7 Å². The third-order valence-corrected chi connectivity index (χ3v) is 3.77. The molecule has 0 radical (unpaired) electrons. The van der Waals surface area contributed by atoms with Crippen molar-refractivity contribution in [1.29, 1.82) is 0 Å². The molecule has 0 aliphatic carbocycles. The Kier molecular flexibility index (Phi) is 5.64. The second-order valence-corrected chi connectivity index (χ2v) is 6.74. The fraction of sp³-hybridized carbons (Fsp3) is 0.500. The zero-order valence-corrected chi connectivity index (χ0v) is 14.9. The van der Waals surface area contributed by atoms with E-state index in [9.17, 15) is 9.59 Å². The number of morpholine rings is 1. The van der Waals surface area contributed by atoms with Crippen molar-refractivity contribution in [1.82, 2.24) is 4.90 Å². The normalized spacial score (nSPS) is 21.3. The van der Waals surface area contributed by atoms with Gasteiger partial charge in [0.2, 0.25) is 0 Å². The molecule has 23 heavy (non-hydrogen) atoms. The van der Waals surface area contributed by atoms with Crippen LogP contribution in [0.1, 0.15) is 31.1 Å². The van der Waals surface area contributed by atoms with Gasteiger partial charge in [0.15, 0.2) is 6.10 Å². The lowest BCUT2D eigenvalue weighted by atomic mass is 10.1. The third-order valence-electron chi connectivity index (χ3n) is 3.31. The van der Waals surface area contributed by atoms with E-state index in [2.05, 4.69) is 15.9 Å². The van der Waals surface area contributed by atoms with Gasteiger partial charge in [-0.25, -0.2) is 4.79 Å². The smallest absolute Gasteiger partial charge is 0.334 e. The van der Waals surface area contributed by atoms with Crippen molar-refractivity contribution in [3.63, 3.8) is 0 Å². The van der Waals surface area contributed by atoms with Gasteiger partial charge in [0.05, 0.1) is 18.8 Å². The van der Waals surface area contributed by atoms with E-state index in [0.717, 1.165) is 4.47 Å². The molecule has 1 amide bonds. The number of hydrogen-bond acceptors (Lipinski definition) is 4. The van der Waals surface area contributed by atoms with Crippen LogP contribution in [0.4, 0.5) is 0 Å². The Hall–Kier alpha value is -1.60. The van der Waals surface area contributed by atoms with Crippen LogP contribution in [-0.2, 0) is 9.53 Å². The molecule has 0 spiro atoms. The average Bonchev–Trinajstić information content (AvgIpc) is 2.44. The van der Waals surface area contributed by atoms with Crippen LogP contribution >= 0.6 is 15.9 Å². The number of carbonyl (C=O) groups is 2. The van der Waals surface area contributed by atoms with Gasteiger partial charge in [-0.05, 0) is 39.0 Å². The van der Waals surface area contributed by atoms with E-state index in [4.69, 9.17) is 14.6 Å². The van der Waals surface area contributed by atoms with E-state index < -0.39 is 12.1 Å². The van der Waals surface area contributed by atoms with Gasteiger partial charge >= 0.3 is 5.97 Å². The minimum absolute atomic E-state index is 0.00736. The zero-order valence-electron chi connectivity index (χ0n) is 13.3. The van der Waals surface area contributed by atoms with Crippen molar-refractivity contribution in [3.8, 4) is 5.75 Å². The molecular weight excluding hydrogens is 366 g/mol. The molecule has 6 nitrogen and oxygen atoms in total. The van der Waals surface area contributed by atoms with Crippen molar-refractivity contribution >= 4 is 27.8 Å². The lowest BCUT2D eigenvalue weighted by Crippen LogP contribution is -2.51. The second kappa shape index (κ2) is 7.31. The maximum Gasteiger partial charge on any atom is 0.334 e. The highest BCUT2D eigenvalue weighted by Crippen LogP contribution is 2.24. The molecule has 0 saturated carbocycles. The van der Waals surface area contributed by atoms with Crippen LogP contribution in [0.25, 0.3) is 0 Å². The fourth-order valence-electron chi connectivity index (χ4n) is 2.46. The Morgan fingerprint density at radius 1 is 1.35 bits per heavy atom. The average molecular weight is 386 g/mol. The van der Waals surface area contributed by atoms with Gasteiger partial charge in [0, 0.05) is 16.6 Å². The van der Waals surface area contributed by atoms with Crippen LogP contribution < -0.4 is 4.74 Å². The standard InChI is InChI=1S/C16H20BrNO5/c1-9(2)22-13-5-11(4-12(17)6-13)15(19)18-7-10(3)23-14(8-18)16(20)21/h4-6,9-10,14H,7-8H2,1-3H3,(H,20,21)/t10-,14?/m1/s1. The van der Waals surface area contributed by atoms with E-state index >= 15 is 0 Å². The number of amides is 1. The highest BCUT2D eigenvalue weighted by molar-refractivity contribution is 9.10. The summed E-state index contributed by atoms with van der Waals surface area (Å²) in [6.45, 7) is 5.96. The first-order valence-electron chi connectivity index (χ1n) is 7.41. The molecule has 1 aliphatic heterocycles. The van der Waals surface area contributed by atoms with Crippen molar-refractivity contribution in [2.24, 2.45) is 0 Å². The van der Waals surface area contributed by atoms with Crippen LogP contribution in [-0.4, -0.2) is 53.3 Å². The number of carboxylic acids is 1. The molecule has 0 aromatic heterocycles. The highest BCUT2D eigenvalue weighted by Gasteiger charge is 2.33. The number of carboxylic acid groups (broad SMARTS) is 1. The highest BCUT2D eigenvalue weighted by atomic mass is 79.9. The Labute approximate surface area is 143 Å². The Bertz CT molecular complexity index is 604. The Balaban J connectivity index is 2.22. The molecule has 126 valence electrons. The van der Waals surface area contributed by atoms with E-state index in [0.29, 0.717) is 17.9 Å². The predicted octanol–water partition coefficient (Wildman–Crippen LogP) is 2.55. The van der Waals surface area contributed by atoms with Gasteiger partial charge in [-0.3, -0.25) is 4.79 Å². The second-order valence-electron chi connectivity index (χ2n) is 5.83. The number of benzene rings is 1. The third kappa shape index (κ3) is 4.68. The topological polar surface area (TPSA) is 76.1 Å². The first-order chi connectivity index (χ1) is 10.8. The van der Waals surface area contributed by atoms with E-state index in [-0.39, 0.29) is 24.7 Å². The van der Waals surface area contributed by atoms with E-state index in [1.54, 1.807) is 25.1 Å². The summed E-state index contributed by atoms with van der Waals surface area (Å²) in [6, 6.07) is 5.16. The quantitative estimate of drug-likeness (QED) is 0.861. The Morgan fingerprint density at radius 2 is 2.04 bits per heavy atom. The SMILES string of the molecule is CC(C)Oc1cc(Br)cc(C(=O)N2CC(C(=O)O)O[C@H](C)C2)c1. The van der Waals surface area contributed by atoms with Crippen molar-refractivity contribution in [2.75, 3.05) is 13.1 Å². The largest absolute Gasteiger partial charge is 0.491 e. The predicted molar refractivity (Wildman–Crippen MR) is 87.8 cm³/mol. The molecule has 1 N–H and O–H groups in total. The molecular formula is C16H20BrNO5. The molecule has 1 saturated heterocycles. The first-order valence-corrected chi connectivity index (χ1v) is 8.20. The maximum atomic E-state index is 12.7. The number of ether oxygens (including phenoxy) is 2. The molecule has 1 aliphatic rings. The number of halogens is 1. The molecule has 1 unspecified atom stereocenters. The summed E-state index contributed by atoms with van der Waals surface area (Å²) >= 11 is 3.37. The van der Waals surface area contributed by atoms with Gasteiger partial charge in [0.25, 0.3) is 5.91 Å². The van der Waals surface area contributed by atoms with Gasteiger partial charge in [-0.2, -0.15) is 0 Å². The van der Waals surface area contributed by atoms with Gasteiger partial charge in [-0.1, -0.05) is 15.9 Å². The molecule has 7 heteroatoms. The summed E-state index contributed by atoms with van der Waals surface area (Å²) in [5.74, 6) is -0.706. The molecule has 1 aromatic carbocycles. The van der Waals surface area contributed by atoms with Crippen molar-refractivity contribution in [2.45, 2.75) is 39.1 Å².